The van der Waals surface area contributed by atoms with E-state index in [1.54, 1.807) is 19.1 Å². The van der Waals surface area contributed by atoms with Crippen molar-refractivity contribution in [3.63, 3.8) is 0 Å². The number of esters is 1. The molecular weight excluding hydrogens is 350 g/mol. The number of carbonyl (C=O) groups excluding carboxylic acids is 1. The molecule has 26 heavy (non-hydrogen) atoms. The van der Waals surface area contributed by atoms with Gasteiger partial charge in [0, 0.05) is 13.1 Å². The van der Waals surface area contributed by atoms with Crippen LogP contribution in [0.15, 0.2) is 29.2 Å². The number of ether oxygens (including phenoxy) is 1. The Morgan fingerprint density at radius 1 is 1.15 bits per heavy atom. The first-order chi connectivity index (χ1) is 12.5. The standard InChI is InChI=1S/C20H31NO4S/c1-3-5-6-7-9-17-11-13-19(14-12-17)26(23,24)21-15-8-10-18(16-21)20(22)25-4-2/h11-14,18H,3-10,15-16H2,1-2H3. The van der Waals surface area contributed by atoms with Crippen molar-refractivity contribution < 1.29 is 17.9 Å². The summed E-state index contributed by atoms with van der Waals surface area (Å²) in [6.45, 7) is 4.94. The summed E-state index contributed by atoms with van der Waals surface area (Å²) in [5.74, 6) is -0.661. The van der Waals surface area contributed by atoms with Crippen molar-refractivity contribution in [3.8, 4) is 0 Å². The molecule has 1 unspecified atom stereocenters. The van der Waals surface area contributed by atoms with E-state index in [4.69, 9.17) is 4.74 Å². The molecule has 1 heterocycles. The third-order valence-electron chi connectivity index (χ3n) is 4.88. The van der Waals surface area contributed by atoms with Gasteiger partial charge in [-0.05, 0) is 50.3 Å². The molecule has 1 aromatic rings. The molecule has 0 spiro atoms. The monoisotopic (exact) mass is 381 g/mol. The highest BCUT2D eigenvalue weighted by molar-refractivity contribution is 7.89. The molecule has 1 saturated heterocycles. The van der Waals surface area contributed by atoms with Crippen molar-refractivity contribution in [2.45, 2.75) is 63.7 Å². The van der Waals surface area contributed by atoms with Crippen molar-refractivity contribution >= 4 is 16.0 Å². The lowest BCUT2D eigenvalue weighted by Gasteiger charge is -2.30. The second-order valence-electron chi connectivity index (χ2n) is 6.91. The molecule has 146 valence electrons. The van der Waals surface area contributed by atoms with E-state index in [9.17, 15) is 13.2 Å². The largest absolute Gasteiger partial charge is 0.466 e. The molecule has 0 saturated carbocycles. The van der Waals surface area contributed by atoms with Gasteiger partial charge in [-0.2, -0.15) is 4.31 Å². The quantitative estimate of drug-likeness (QED) is 0.482. The van der Waals surface area contributed by atoms with E-state index in [1.165, 1.54) is 29.1 Å². The number of rotatable bonds is 9. The summed E-state index contributed by atoms with van der Waals surface area (Å²) in [7, 11) is -3.56. The predicted molar refractivity (Wildman–Crippen MR) is 102 cm³/mol. The second-order valence-corrected chi connectivity index (χ2v) is 8.85. The van der Waals surface area contributed by atoms with Crippen molar-refractivity contribution in [2.24, 2.45) is 5.92 Å². The normalized spacial score (nSPS) is 18.6. The van der Waals surface area contributed by atoms with Gasteiger partial charge >= 0.3 is 5.97 Å². The number of benzene rings is 1. The maximum absolute atomic E-state index is 12.9. The summed E-state index contributed by atoms with van der Waals surface area (Å²) in [5, 5.41) is 0. The van der Waals surface area contributed by atoms with E-state index < -0.39 is 10.0 Å². The zero-order valence-electron chi connectivity index (χ0n) is 15.9. The molecule has 0 amide bonds. The lowest BCUT2D eigenvalue weighted by molar-refractivity contribution is -0.149. The van der Waals surface area contributed by atoms with Crippen molar-refractivity contribution in [3.05, 3.63) is 29.8 Å². The van der Waals surface area contributed by atoms with Crippen LogP contribution in [0, 0.1) is 5.92 Å². The summed E-state index contributed by atoms with van der Waals surface area (Å²) in [6.07, 6.45) is 7.13. The maximum atomic E-state index is 12.9. The molecular formula is C20H31NO4S. The van der Waals surface area contributed by atoms with Crippen LogP contribution in [0.3, 0.4) is 0 Å². The van der Waals surface area contributed by atoms with Crippen molar-refractivity contribution in [1.82, 2.24) is 4.31 Å². The van der Waals surface area contributed by atoms with E-state index in [0.717, 1.165) is 12.8 Å². The molecule has 0 bridgehead atoms. The fourth-order valence-corrected chi connectivity index (χ4v) is 4.87. The van der Waals surface area contributed by atoms with Crippen LogP contribution in [0.4, 0.5) is 0 Å². The number of sulfonamides is 1. The average Bonchev–Trinajstić information content (AvgIpc) is 2.66. The number of hydrogen-bond acceptors (Lipinski definition) is 4. The number of aryl methyl sites for hydroxylation is 1. The van der Waals surface area contributed by atoms with E-state index >= 15 is 0 Å². The third-order valence-corrected chi connectivity index (χ3v) is 6.76. The fourth-order valence-electron chi connectivity index (χ4n) is 3.35. The first-order valence-corrected chi connectivity index (χ1v) is 11.2. The molecule has 5 nitrogen and oxygen atoms in total. The minimum Gasteiger partial charge on any atom is -0.466 e. The zero-order valence-corrected chi connectivity index (χ0v) is 16.8. The Morgan fingerprint density at radius 3 is 2.54 bits per heavy atom. The number of carbonyl (C=O) groups is 1. The Hall–Kier alpha value is -1.40. The van der Waals surface area contributed by atoms with Crippen LogP contribution >= 0.6 is 0 Å². The minimum atomic E-state index is -3.56. The van der Waals surface area contributed by atoms with E-state index in [0.29, 0.717) is 30.9 Å². The Morgan fingerprint density at radius 2 is 1.88 bits per heavy atom. The Balaban J connectivity index is 2.01. The average molecular weight is 382 g/mol. The molecule has 1 fully saturated rings. The molecule has 0 aliphatic carbocycles. The molecule has 0 aromatic heterocycles. The van der Waals surface area contributed by atoms with Gasteiger partial charge in [-0.25, -0.2) is 8.42 Å². The Labute approximate surface area is 157 Å². The smallest absolute Gasteiger partial charge is 0.310 e. The molecule has 6 heteroatoms. The molecule has 2 rings (SSSR count). The summed E-state index contributed by atoms with van der Waals surface area (Å²) >= 11 is 0. The summed E-state index contributed by atoms with van der Waals surface area (Å²) < 4.78 is 32.3. The highest BCUT2D eigenvalue weighted by atomic mass is 32.2. The van der Waals surface area contributed by atoms with Gasteiger partial charge in [0.1, 0.15) is 0 Å². The molecule has 1 aliphatic rings. The zero-order chi connectivity index (χ0) is 19.0. The van der Waals surface area contributed by atoms with Gasteiger partial charge < -0.3 is 4.74 Å². The van der Waals surface area contributed by atoms with Crippen LogP contribution in [-0.2, 0) is 26.0 Å². The second kappa shape index (κ2) is 10.1. The summed E-state index contributed by atoms with van der Waals surface area (Å²) in [6, 6.07) is 7.20. The number of unbranched alkanes of at least 4 members (excludes halogenated alkanes) is 3. The highest BCUT2D eigenvalue weighted by Gasteiger charge is 2.33. The van der Waals surface area contributed by atoms with Crippen molar-refractivity contribution in [2.75, 3.05) is 19.7 Å². The number of nitrogens with zero attached hydrogens (tertiary/aromatic N) is 1. The van der Waals surface area contributed by atoms with E-state index in [2.05, 4.69) is 6.92 Å². The minimum absolute atomic E-state index is 0.208. The highest BCUT2D eigenvalue weighted by Crippen LogP contribution is 2.25. The van der Waals surface area contributed by atoms with Gasteiger partial charge in [-0.3, -0.25) is 4.79 Å². The van der Waals surface area contributed by atoms with E-state index in [1.807, 2.05) is 12.1 Å². The predicted octanol–water partition coefficient (Wildman–Crippen LogP) is 3.77. The van der Waals surface area contributed by atoms with Gasteiger partial charge in [0.25, 0.3) is 0 Å². The van der Waals surface area contributed by atoms with Crippen LogP contribution in [0.1, 0.15) is 57.9 Å². The van der Waals surface area contributed by atoms with E-state index in [-0.39, 0.29) is 18.4 Å². The van der Waals surface area contributed by atoms with Gasteiger partial charge in [0.05, 0.1) is 17.4 Å². The molecule has 1 aliphatic heterocycles. The van der Waals surface area contributed by atoms with Crippen LogP contribution in [0.2, 0.25) is 0 Å². The maximum Gasteiger partial charge on any atom is 0.310 e. The summed E-state index contributed by atoms with van der Waals surface area (Å²) in [4.78, 5) is 12.3. The molecule has 0 N–H and O–H groups in total. The Kier molecular flexibility index (Phi) is 8.10. The number of hydrogen-bond donors (Lipinski definition) is 0. The molecule has 1 aromatic carbocycles. The molecule has 1 atom stereocenters. The first-order valence-electron chi connectivity index (χ1n) is 9.74. The molecule has 0 radical (unpaired) electrons. The van der Waals surface area contributed by atoms with Crippen LogP contribution in [0.25, 0.3) is 0 Å². The van der Waals surface area contributed by atoms with Gasteiger partial charge in [-0.15, -0.1) is 0 Å². The third kappa shape index (κ3) is 5.55. The van der Waals surface area contributed by atoms with Crippen LogP contribution < -0.4 is 0 Å². The van der Waals surface area contributed by atoms with Gasteiger partial charge in [0.2, 0.25) is 10.0 Å². The summed E-state index contributed by atoms with van der Waals surface area (Å²) in [5.41, 5.74) is 1.17. The van der Waals surface area contributed by atoms with Gasteiger partial charge in [-0.1, -0.05) is 38.3 Å². The van der Waals surface area contributed by atoms with Crippen LogP contribution in [-0.4, -0.2) is 38.4 Å². The topological polar surface area (TPSA) is 63.7 Å². The van der Waals surface area contributed by atoms with Crippen molar-refractivity contribution in [1.29, 1.82) is 0 Å². The van der Waals surface area contributed by atoms with Crippen LogP contribution in [0.5, 0.6) is 0 Å². The lowest BCUT2D eigenvalue weighted by atomic mass is 10.0. The van der Waals surface area contributed by atoms with Gasteiger partial charge in [0.15, 0.2) is 0 Å². The number of piperidine rings is 1. The fraction of sp³-hybridized carbons (Fsp3) is 0.650. The first kappa shape index (κ1) is 20.9. The SMILES string of the molecule is CCCCCCc1ccc(S(=O)(=O)N2CCCC(C(=O)OCC)C2)cc1. The Bertz CT molecular complexity index is 670. The lowest BCUT2D eigenvalue weighted by Crippen LogP contribution is -2.42.